The van der Waals surface area contributed by atoms with Crippen molar-refractivity contribution in [3.8, 4) is 11.1 Å². The Balaban J connectivity index is 1.78. The van der Waals surface area contributed by atoms with E-state index in [9.17, 15) is 4.57 Å². The summed E-state index contributed by atoms with van der Waals surface area (Å²) in [5.41, 5.74) is 2.94. The average Bonchev–Trinajstić information content (AvgIpc) is 2.80. The average molecular weight is 413 g/mol. The Morgan fingerprint density at radius 1 is 0.621 bits per heavy atom. The van der Waals surface area contributed by atoms with Crippen LogP contribution in [-0.2, 0) is 4.57 Å². The molecule has 4 rings (SSSR count). The Kier molecular flexibility index (Phi) is 5.71. The summed E-state index contributed by atoms with van der Waals surface area (Å²) >= 11 is 5.77. The second kappa shape index (κ2) is 8.57. The molecule has 4 aromatic carbocycles. The second-order valence-electron chi connectivity index (χ2n) is 6.62. The van der Waals surface area contributed by atoms with Crippen molar-refractivity contribution in [2.45, 2.75) is 0 Å². The molecule has 29 heavy (non-hydrogen) atoms. The number of para-hydroxylation sites is 1. The summed E-state index contributed by atoms with van der Waals surface area (Å²) in [5.74, 6) is 0. The highest BCUT2D eigenvalue weighted by Crippen LogP contribution is 2.46. The zero-order valence-electron chi connectivity index (χ0n) is 15.7. The van der Waals surface area contributed by atoms with Gasteiger partial charge in [0.25, 0.3) is 0 Å². The van der Waals surface area contributed by atoms with Gasteiger partial charge in [0.2, 0.25) is 0 Å². The van der Waals surface area contributed by atoms with E-state index >= 15 is 0 Å². The molecule has 0 radical (unpaired) electrons. The summed E-state index contributed by atoms with van der Waals surface area (Å²) in [5, 5.41) is 4.76. The number of thiocarbonyl (C=S) groups is 1. The van der Waals surface area contributed by atoms with Crippen molar-refractivity contribution < 1.29 is 4.57 Å². The highest BCUT2D eigenvalue weighted by Gasteiger charge is 2.32. The van der Waals surface area contributed by atoms with Gasteiger partial charge < -0.3 is 9.88 Å². The molecular formula is C25H20NOPS. The summed E-state index contributed by atoms with van der Waals surface area (Å²) < 4.78 is 14.7. The Bertz CT molecular complexity index is 1120. The standard InChI is InChI=1S/C25H20NOPS/c27-28(21-14-6-2-7-15-21,22-16-8-3-9-17-22)25(29)26-24-19-11-10-18-23(24)20-12-4-1-5-13-20/h1-19H,(H,26,29). The summed E-state index contributed by atoms with van der Waals surface area (Å²) in [6.45, 7) is 0. The smallest absolute Gasteiger partial charge is 0.197 e. The van der Waals surface area contributed by atoms with Gasteiger partial charge in [0, 0.05) is 21.9 Å². The number of benzene rings is 4. The molecule has 0 fully saturated rings. The lowest BCUT2D eigenvalue weighted by Crippen LogP contribution is -2.26. The van der Waals surface area contributed by atoms with Crippen LogP contribution in [0.15, 0.2) is 115 Å². The lowest BCUT2D eigenvalue weighted by Gasteiger charge is -2.22. The lowest BCUT2D eigenvalue weighted by molar-refractivity contribution is 0.594. The van der Waals surface area contributed by atoms with Crippen molar-refractivity contribution in [3.63, 3.8) is 0 Å². The molecule has 0 aliphatic carbocycles. The third-order valence-corrected chi connectivity index (χ3v) is 8.39. The first-order valence-corrected chi connectivity index (χ1v) is 11.5. The van der Waals surface area contributed by atoms with E-state index in [1.807, 2.05) is 103 Å². The third kappa shape index (κ3) is 3.93. The lowest BCUT2D eigenvalue weighted by atomic mass is 10.0. The Morgan fingerprint density at radius 3 is 1.62 bits per heavy atom. The summed E-state index contributed by atoms with van der Waals surface area (Å²) in [6.07, 6.45) is 0. The highest BCUT2D eigenvalue weighted by molar-refractivity contribution is 8.08. The minimum atomic E-state index is -3.17. The molecular weight excluding hydrogens is 393 g/mol. The van der Waals surface area contributed by atoms with Gasteiger partial charge in [-0.2, -0.15) is 0 Å². The van der Waals surface area contributed by atoms with Crippen molar-refractivity contribution >= 4 is 40.4 Å². The fourth-order valence-corrected chi connectivity index (χ4v) is 6.29. The maximum atomic E-state index is 14.4. The molecule has 0 heterocycles. The van der Waals surface area contributed by atoms with Crippen LogP contribution in [-0.4, -0.2) is 4.73 Å². The van der Waals surface area contributed by atoms with E-state index in [-0.39, 0.29) is 0 Å². The van der Waals surface area contributed by atoms with Gasteiger partial charge in [0.15, 0.2) is 7.14 Å². The highest BCUT2D eigenvalue weighted by atomic mass is 32.1. The number of rotatable bonds is 5. The van der Waals surface area contributed by atoms with Crippen LogP contribution in [0, 0.1) is 0 Å². The molecule has 4 heteroatoms. The van der Waals surface area contributed by atoms with Crippen LogP contribution in [0.25, 0.3) is 11.1 Å². The van der Waals surface area contributed by atoms with Gasteiger partial charge in [-0.15, -0.1) is 0 Å². The largest absolute Gasteiger partial charge is 0.343 e. The van der Waals surface area contributed by atoms with Gasteiger partial charge in [-0.3, -0.25) is 0 Å². The number of nitrogens with one attached hydrogen (secondary N) is 1. The van der Waals surface area contributed by atoms with Crippen LogP contribution >= 0.6 is 19.4 Å². The second-order valence-corrected chi connectivity index (χ2v) is 10.0. The topological polar surface area (TPSA) is 29.1 Å². The van der Waals surface area contributed by atoms with Crippen molar-refractivity contribution in [3.05, 3.63) is 115 Å². The first-order chi connectivity index (χ1) is 14.2. The van der Waals surface area contributed by atoms with Gasteiger partial charge in [-0.05, 0) is 11.6 Å². The van der Waals surface area contributed by atoms with Crippen LogP contribution in [0.1, 0.15) is 0 Å². The van der Waals surface area contributed by atoms with Crippen molar-refractivity contribution in [1.29, 1.82) is 0 Å². The monoisotopic (exact) mass is 413 g/mol. The fraction of sp³-hybridized carbons (Fsp3) is 0. The van der Waals surface area contributed by atoms with Gasteiger partial charge in [0.1, 0.15) is 4.73 Å². The van der Waals surface area contributed by atoms with Crippen molar-refractivity contribution in [1.82, 2.24) is 0 Å². The quantitative estimate of drug-likeness (QED) is 0.318. The minimum absolute atomic E-state index is 0.332. The predicted octanol–water partition coefficient (Wildman–Crippen LogP) is 6.06. The molecule has 0 aliphatic rings. The molecule has 0 aliphatic heterocycles. The fourth-order valence-electron chi connectivity index (χ4n) is 3.31. The Morgan fingerprint density at radius 2 is 1.07 bits per heavy atom. The predicted molar refractivity (Wildman–Crippen MR) is 128 cm³/mol. The van der Waals surface area contributed by atoms with Gasteiger partial charge in [0.05, 0.1) is 0 Å². The first kappa shape index (κ1) is 19.3. The summed E-state index contributed by atoms with van der Waals surface area (Å²) in [4.78, 5) is 0. The van der Waals surface area contributed by atoms with E-state index in [1.165, 1.54) is 0 Å². The van der Waals surface area contributed by atoms with Crippen molar-refractivity contribution in [2.75, 3.05) is 5.32 Å². The molecule has 142 valence electrons. The molecule has 0 saturated heterocycles. The van der Waals surface area contributed by atoms with E-state index in [1.54, 1.807) is 0 Å². The number of hydrogen-bond acceptors (Lipinski definition) is 2. The zero-order valence-corrected chi connectivity index (χ0v) is 17.4. The number of anilines is 1. The van der Waals surface area contributed by atoms with Crippen LogP contribution in [0.5, 0.6) is 0 Å². The number of hydrogen-bond donors (Lipinski definition) is 1. The molecule has 0 saturated carbocycles. The molecule has 4 aromatic rings. The molecule has 0 amide bonds. The van der Waals surface area contributed by atoms with Crippen LogP contribution in [0.2, 0.25) is 0 Å². The van der Waals surface area contributed by atoms with E-state index < -0.39 is 7.14 Å². The van der Waals surface area contributed by atoms with E-state index in [0.717, 1.165) is 27.4 Å². The molecule has 0 bridgehead atoms. The molecule has 2 nitrogen and oxygen atoms in total. The van der Waals surface area contributed by atoms with E-state index in [4.69, 9.17) is 12.2 Å². The van der Waals surface area contributed by atoms with E-state index in [2.05, 4.69) is 17.4 Å². The zero-order chi connectivity index (χ0) is 20.1. The van der Waals surface area contributed by atoms with E-state index in [0.29, 0.717) is 4.73 Å². The molecule has 0 atom stereocenters. The summed E-state index contributed by atoms with van der Waals surface area (Å²) in [7, 11) is -3.17. The van der Waals surface area contributed by atoms with Gasteiger partial charge >= 0.3 is 0 Å². The van der Waals surface area contributed by atoms with Gasteiger partial charge in [-0.1, -0.05) is 121 Å². The maximum absolute atomic E-state index is 14.4. The normalized spacial score (nSPS) is 11.0. The Hall–Kier alpha value is -3.00. The van der Waals surface area contributed by atoms with Crippen molar-refractivity contribution in [2.24, 2.45) is 0 Å². The summed E-state index contributed by atoms with van der Waals surface area (Å²) in [6, 6.07) is 37.0. The van der Waals surface area contributed by atoms with Crippen LogP contribution in [0.4, 0.5) is 5.69 Å². The SMILES string of the molecule is O=P(C(=S)Nc1ccccc1-c1ccccc1)(c1ccccc1)c1ccccc1. The third-order valence-electron chi connectivity index (χ3n) is 4.78. The maximum Gasteiger partial charge on any atom is 0.197 e. The van der Waals surface area contributed by atoms with Crippen LogP contribution in [0.3, 0.4) is 0 Å². The first-order valence-electron chi connectivity index (χ1n) is 9.37. The molecule has 1 N–H and O–H groups in total. The van der Waals surface area contributed by atoms with Gasteiger partial charge in [-0.25, -0.2) is 0 Å². The molecule has 0 spiro atoms. The molecule has 0 aromatic heterocycles. The molecule has 0 unspecified atom stereocenters. The van der Waals surface area contributed by atoms with Crippen LogP contribution < -0.4 is 15.9 Å². The Labute approximate surface area is 176 Å². The minimum Gasteiger partial charge on any atom is -0.343 e.